The molecule has 1 rings (SSSR count). The summed E-state index contributed by atoms with van der Waals surface area (Å²) < 4.78 is 0. The highest BCUT2D eigenvalue weighted by atomic mass is 127. The van der Waals surface area contributed by atoms with E-state index in [-0.39, 0.29) is 24.0 Å². The van der Waals surface area contributed by atoms with Gasteiger partial charge in [0, 0.05) is 0 Å². The maximum Gasteiger partial charge on any atom is 0.108 e. The van der Waals surface area contributed by atoms with E-state index in [1.807, 2.05) is 0 Å². The van der Waals surface area contributed by atoms with Gasteiger partial charge in [-0.15, -0.1) is 0 Å². The van der Waals surface area contributed by atoms with Crippen molar-refractivity contribution < 1.29 is 24.0 Å². The van der Waals surface area contributed by atoms with Gasteiger partial charge in [0.25, 0.3) is 0 Å². The van der Waals surface area contributed by atoms with Crippen molar-refractivity contribution in [3.05, 3.63) is 0 Å². The molecule has 0 aromatic heterocycles. The highest BCUT2D eigenvalue weighted by molar-refractivity contribution is 7.97. The Hall–Kier alpha value is 1.08. The molecule has 104 valence electrons. The number of rotatable bonds is 10. The Morgan fingerprint density at radius 3 is 1.71 bits per heavy atom. The lowest BCUT2D eigenvalue weighted by Crippen LogP contribution is -3.00. The third-order valence-electron chi connectivity index (χ3n) is 3.65. The molecule has 0 aliphatic carbocycles. The molecule has 1 saturated heterocycles. The molecule has 0 saturated carbocycles. The first-order chi connectivity index (χ1) is 7.93. The van der Waals surface area contributed by atoms with Crippen molar-refractivity contribution in [2.24, 2.45) is 0 Å². The molecule has 0 spiro atoms. The zero-order chi connectivity index (χ0) is 11.5. The van der Waals surface area contributed by atoms with Gasteiger partial charge in [0.2, 0.25) is 0 Å². The Balaban J connectivity index is 0.00000256. The van der Waals surface area contributed by atoms with Gasteiger partial charge in [-0.3, -0.25) is 0 Å². The van der Waals surface area contributed by atoms with Gasteiger partial charge >= 0.3 is 0 Å². The van der Waals surface area contributed by atoms with E-state index in [2.05, 4.69) is 6.92 Å². The zero-order valence-corrected chi connectivity index (χ0v) is 14.7. The van der Waals surface area contributed by atoms with E-state index in [1.54, 1.807) is 17.3 Å². The Labute approximate surface area is 129 Å². The maximum absolute atomic E-state index is 2.30. The van der Waals surface area contributed by atoms with Crippen LogP contribution in [0.15, 0.2) is 0 Å². The van der Waals surface area contributed by atoms with Gasteiger partial charge in [-0.2, -0.15) is 0 Å². The third kappa shape index (κ3) is 10.7. The van der Waals surface area contributed by atoms with Crippen LogP contribution >= 0.6 is 0 Å². The lowest BCUT2D eigenvalue weighted by atomic mass is 10.1. The van der Waals surface area contributed by atoms with Gasteiger partial charge in [-0.05, 0) is 36.6 Å². The summed E-state index contributed by atoms with van der Waals surface area (Å²) in [7, 11) is 0.861. The molecule has 0 aromatic rings. The first-order valence-corrected chi connectivity index (χ1v) is 9.31. The van der Waals surface area contributed by atoms with Gasteiger partial charge < -0.3 is 24.0 Å². The molecule has 0 unspecified atom stereocenters. The largest absolute Gasteiger partial charge is 1.00 e. The van der Waals surface area contributed by atoms with Crippen LogP contribution in [0.3, 0.4) is 0 Å². The summed E-state index contributed by atoms with van der Waals surface area (Å²) in [6.07, 6.45) is 16.4. The van der Waals surface area contributed by atoms with Gasteiger partial charge in [0.15, 0.2) is 0 Å². The van der Waals surface area contributed by atoms with Crippen LogP contribution in [0, 0.1) is 0 Å². The quantitative estimate of drug-likeness (QED) is 0.313. The molecule has 1 heterocycles. The molecule has 0 aromatic carbocycles. The van der Waals surface area contributed by atoms with E-state index >= 15 is 0 Å². The Morgan fingerprint density at radius 1 is 0.706 bits per heavy atom. The van der Waals surface area contributed by atoms with Gasteiger partial charge in [-0.1, -0.05) is 51.9 Å². The topological polar surface area (TPSA) is 0 Å². The van der Waals surface area contributed by atoms with Crippen LogP contribution in [0.5, 0.6) is 0 Å². The summed E-state index contributed by atoms with van der Waals surface area (Å²) in [4.78, 5) is 0. The Bertz CT molecular complexity index is 144. The van der Waals surface area contributed by atoms with E-state index in [0.717, 1.165) is 10.9 Å². The predicted octanol–water partition coefficient (Wildman–Crippen LogP) is 1.93. The monoisotopic (exact) mass is 370 g/mol. The fraction of sp³-hybridized carbons (Fsp3) is 1.00. The zero-order valence-electron chi connectivity index (χ0n) is 11.7. The molecular weight excluding hydrogens is 339 g/mol. The minimum absolute atomic E-state index is 0. The average Bonchev–Trinajstić information content (AvgIpc) is 2.80. The van der Waals surface area contributed by atoms with Crippen LogP contribution in [0.4, 0.5) is 0 Å². The molecule has 1 aliphatic heterocycles. The van der Waals surface area contributed by atoms with Crippen molar-refractivity contribution in [2.75, 3.05) is 17.3 Å². The van der Waals surface area contributed by atoms with E-state index < -0.39 is 0 Å². The molecule has 0 atom stereocenters. The lowest BCUT2D eigenvalue weighted by molar-refractivity contribution is -0.00000354. The van der Waals surface area contributed by atoms with Crippen LogP contribution in [0.1, 0.15) is 77.6 Å². The minimum atomic E-state index is 0. The molecule has 0 radical (unpaired) electrons. The normalized spacial score (nSPS) is 16.1. The maximum atomic E-state index is 2.30. The molecule has 0 nitrogen and oxygen atoms in total. The number of unbranched alkanes of at least 4 members (excludes halogenated alkanes) is 8. The van der Waals surface area contributed by atoms with Crippen molar-refractivity contribution in [1.82, 2.24) is 0 Å². The fourth-order valence-corrected chi connectivity index (χ4v) is 4.98. The third-order valence-corrected chi connectivity index (χ3v) is 6.25. The SMILES string of the molecule is CCCCCCCCCCC[S+]1CCCC1.[I-]. The van der Waals surface area contributed by atoms with Crippen molar-refractivity contribution in [3.63, 3.8) is 0 Å². The second-order valence-electron chi connectivity index (χ2n) is 5.26. The van der Waals surface area contributed by atoms with E-state index in [0.29, 0.717) is 0 Å². The minimum Gasteiger partial charge on any atom is -1.00 e. The highest BCUT2D eigenvalue weighted by Crippen LogP contribution is 2.16. The van der Waals surface area contributed by atoms with Crippen LogP contribution in [0.25, 0.3) is 0 Å². The van der Waals surface area contributed by atoms with Gasteiger partial charge in [0.1, 0.15) is 17.3 Å². The molecule has 2 heteroatoms. The highest BCUT2D eigenvalue weighted by Gasteiger charge is 2.22. The second-order valence-corrected chi connectivity index (χ2v) is 7.71. The van der Waals surface area contributed by atoms with Crippen molar-refractivity contribution in [2.45, 2.75) is 77.6 Å². The first kappa shape index (κ1) is 18.1. The summed E-state index contributed by atoms with van der Waals surface area (Å²) in [5.41, 5.74) is 0. The number of hydrogen-bond acceptors (Lipinski definition) is 0. The molecule has 0 amide bonds. The first-order valence-electron chi connectivity index (χ1n) is 7.57. The number of hydrogen-bond donors (Lipinski definition) is 0. The molecule has 0 N–H and O–H groups in total. The average molecular weight is 370 g/mol. The molecule has 1 fully saturated rings. The van der Waals surface area contributed by atoms with E-state index in [4.69, 9.17) is 0 Å². The van der Waals surface area contributed by atoms with E-state index in [1.165, 1.54) is 70.6 Å². The Kier molecular flexibility index (Phi) is 14.4. The van der Waals surface area contributed by atoms with Gasteiger partial charge in [0.05, 0.1) is 0 Å². The van der Waals surface area contributed by atoms with Crippen molar-refractivity contribution in [1.29, 1.82) is 0 Å². The molecule has 17 heavy (non-hydrogen) atoms. The predicted molar refractivity (Wildman–Crippen MR) is 78.4 cm³/mol. The molecule has 1 aliphatic rings. The molecular formula is C15H31IS. The lowest BCUT2D eigenvalue weighted by Gasteiger charge is -2.02. The number of halogens is 1. The fourth-order valence-electron chi connectivity index (χ4n) is 2.54. The summed E-state index contributed by atoms with van der Waals surface area (Å²) in [6.45, 7) is 2.30. The van der Waals surface area contributed by atoms with Gasteiger partial charge in [-0.25, -0.2) is 0 Å². The summed E-state index contributed by atoms with van der Waals surface area (Å²) in [6, 6.07) is 0. The van der Waals surface area contributed by atoms with Crippen LogP contribution < -0.4 is 24.0 Å². The summed E-state index contributed by atoms with van der Waals surface area (Å²) in [5, 5.41) is 0. The van der Waals surface area contributed by atoms with Crippen LogP contribution in [-0.2, 0) is 10.9 Å². The second kappa shape index (κ2) is 13.5. The van der Waals surface area contributed by atoms with E-state index in [9.17, 15) is 0 Å². The molecule has 0 bridgehead atoms. The van der Waals surface area contributed by atoms with Crippen molar-refractivity contribution >= 4 is 10.9 Å². The summed E-state index contributed by atoms with van der Waals surface area (Å²) >= 11 is 0. The standard InChI is InChI=1S/C15H31S.HI/c1-2-3-4-5-6-7-8-9-10-13-16-14-11-12-15-16;/h2-15H2,1H3;1H/q+1;/p-1. The van der Waals surface area contributed by atoms with Crippen LogP contribution in [-0.4, -0.2) is 17.3 Å². The summed E-state index contributed by atoms with van der Waals surface area (Å²) in [5.74, 6) is 4.70. The van der Waals surface area contributed by atoms with Crippen LogP contribution in [0.2, 0.25) is 0 Å². The Morgan fingerprint density at radius 2 is 1.18 bits per heavy atom. The van der Waals surface area contributed by atoms with Crippen molar-refractivity contribution in [3.8, 4) is 0 Å². The smallest absolute Gasteiger partial charge is 0.108 e.